The zero-order valence-corrected chi connectivity index (χ0v) is 20.7. The maximum Gasteiger partial charge on any atom is 0.306 e. The SMILES string of the molecule is CSN(C=O)C(C)CNC(=O)CCCCCCCCCCCCC(=O)OC(C)(C)C. The zero-order valence-electron chi connectivity index (χ0n) is 19.8. The van der Waals surface area contributed by atoms with Gasteiger partial charge in [-0.3, -0.25) is 18.7 Å². The predicted octanol–water partition coefficient (Wildman–Crippen LogP) is 5.25. The second-order valence-corrected chi connectivity index (χ2v) is 9.71. The van der Waals surface area contributed by atoms with E-state index in [1.54, 1.807) is 4.31 Å². The van der Waals surface area contributed by atoms with E-state index in [4.69, 9.17) is 4.74 Å². The normalized spacial score (nSPS) is 12.3. The van der Waals surface area contributed by atoms with Crippen LogP contribution in [0.5, 0.6) is 0 Å². The topological polar surface area (TPSA) is 75.7 Å². The molecular formula is C23H44N2O4S. The van der Waals surface area contributed by atoms with Gasteiger partial charge in [0.15, 0.2) is 0 Å². The van der Waals surface area contributed by atoms with Gasteiger partial charge in [-0.15, -0.1) is 0 Å². The summed E-state index contributed by atoms with van der Waals surface area (Å²) in [6, 6.07) is -0.00115. The molecule has 30 heavy (non-hydrogen) atoms. The van der Waals surface area contributed by atoms with Crippen molar-refractivity contribution in [2.45, 2.75) is 116 Å². The summed E-state index contributed by atoms with van der Waals surface area (Å²) >= 11 is 1.36. The molecule has 0 aliphatic carbocycles. The number of hydrogen-bond acceptors (Lipinski definition) is 5. The van der Waals surface area contributed by atoms with Gasteiger partial charge in [-0.1, -0.05) is 63.3 Å². The number of carbonyl (C=O) groups excluding carboxylic acids is 3. The highest BCUT2D eigenvalue weighted by molar-refractivity contribution is 7.96. The molecule has 2 amide bonds. The van der Waals surface area contributed by atoms with Crippen molar-refractivity contribution in [3.8, 4) is 0 Å². The van der Waals surface area contributed by atoms with Crippen LogP contribution >= 0.6 is 11.9 Å². The highest BCUT2D eigenvalue weighted by Gasteiger charge is 2.15. The lowest BCUT2D eigenvalue weighted by atomic mass is 10.0. The van der Waals surface area contributed by atoms with E-state index < -0.39 is 0 Å². The molecular weight excluding hydrogens is 400 g/mol. The largest absolute Gasteiger partial charge is 0.460 e. The van der Waals surface area contributed by atoms with Gasteiger partial charge in [-0.05, 0) is 40.5 Å². The van der Waals surface area contributed by atoms with Crippen LogP contribution in [0.3, 0.4) is 0 Å². The molecule has 1 N–H and O–H groups in total. The van der Waals surface area contributed by atoms with E-state index in [0.29, 0.717) is 19.4 Å². The predicted molar refractivity (Wildman–Crippen MR) is 125 cm³/mol. The van der Waals surface area contributed by atoms with Crippen LogP contribution in [0.1, 0.15) is 105 Å². The number of esters is 1. The van der Waals surface area contributed by atoms with Crippen LogP contribution in [0.4, 0.5) is 0 Å². The summed E-state index contributed by atoms with van der Waals surface area (Å²) in [5.41, 5.74) is -0.383. The Labute approximate surface area is 188 Å². The van der Waals surface area contributed by atoms with Crippen molar-refractivity contribution in [2.24, 2.45) is 0 Å². The number of nitrogens with one attached hydrogen (secondary N) is 1. The van der Waals surface area contributed by atoms with Crippen molar-refractivity contribution in [3.05, 3.63) is 0 Å². The van der Waals surface area contributed by atoms with Gasteiger partial charge in [0.1, 0.15) is 5.60 Å². The molecule has 0 aromatic carbocycles. The quantitative estimate of drug-likeness (QED) is 0.135. The summed E-state index contributed by atoms with van der Waals surface area (Å²) in [5, 5.41) is 2.90. The van der Waals surface area contributed by atoms with E-state index in [1.165, 1.54) is 50.5 Å². The summed E-state index contributed by atoms with van der Waals surface area (Å²) in [4.78, 5) is 34.3. The fourth-order valence-electron chi connectivity index (χ4n) is 3.13. The summed E-state index contributed by atoms with van der Waals surface area (Å²) in [5.74, 6) is -0.0197. The van der Waals surface area contributed by atoms with Crippen LogP contribution in [0, 0.1) is 0 Å². The molecule has 0 bridgehead atoms. The third-order valence-corrected chi connectivity index (χ3v) is 5.67. The Morgan fingerprint density at radius 3 is 1.83 bits per heavy atom. The first kappa shape index (κ1) is 28.8. The van der Waals surface area contributed by atoms with Gasteiger partial charge in [0.25, 0.3) is 0 Å². The lowest BCUT2D eigenvalue weighted by Gasteiger charge is -2.22. The van der Waals surface area contributed by atoms with Crippen molar-refractivity contribution in [2.75, 3.05) is 12.8 Å². The molecule has 0 aliphatic heterocycles. The number of nitrogens with zero attached hydrogens (tertiary/aromatic N) is 1. The first-order chi connectivity index (χ1) is 14.2. The summed E-state index contributed by atoms with van der Waals surface area (Å²) in [6.07, 6.45) is 15.0. The van der Waals surface area contributed by atoms with Crippen molar-refractivity contribution in [1.82, 2.24) is 9.62 Å². The fraction of sp³-hybridized carbons (Fsp3) is 0.870. The van der Waals surface area contributed by atoms with Gasteiger partial charge in [0, 0.05) is 25.6 Å². The second-order valence-electron chi connectivity index (χ2n) is 8.92. The lowest BCUT2D eigenvalue weighted by Crippen LogP contribution is -2.38. The maximum absolute atomic E-state index is 11.9. The molecule has 1 unspecified atom stereocenters. The molecule has 176 valence electrons. The molecule has 1 atom stereocenters. The van der Waals surface area contributed by atoms with Crippen LogP contribution in [-0.4, -0.2) is 47.0 Å². The Kier molecular flexibility index (Phi) is 16.7. The molecule has 6 nitrogen and oxygen atoms in total. The smallest absolute Gasteiger partial charge is 0.306 e. The molecule has 0 rings (SSSR count). The first-order valence-electron chi connectivity index (χ1n) is 11.5. The number of amides is 2. The monoisotopic (exact) mass is 444 g/mol. The van der Waals surface area contributed by atoms with Crippen molar-refractivity contribution < 1.29 is 19.1 Å². The van der Waals surface area contributed by atoms with E-state index in [-0.39, 0.29) is 23.5 Å². The number of carbonyl (C=O) groups is 3. The Bertz CT molecular complexity index is 480. The van der Waals surface area contributed by atoms with Gasteiger partial charge in [-0.25, -0.2) is 0 Å². The molecule has 0 spiro atoms. The van der Waals surface area contributed by atoms with Gasteiger partial charge < -0.3 is 10.1 Å². The molecule has 0 aromatic rings. The van der Waals surface area contributed by atoms with Crippen molar-refractivity contribution >= 4 is 30.2 Å². The number of rotatable bonds is 18. The standard InChI is InChI=1S/C23H44N2O4S/c1-20(25(19-26)30-5)18-24-21(27)16-14-12-10-8-6-7-9-11-13-15-17-22(28)29-23(2,3)4/h19-20H,6-18H2,1-5H3,(H,24,27). The van der Waals surface area contributed by atoms with E-state index >= 15 is 0 Å². The molecule has 7 heteroatoms. The Balaban J connectivity index is 3.43. The molecule has 0 fully saturated rings. The average Bonchev–Trinajstić information content (AvgIpc) is 2.66. The third-order valence-electron chi connectivity index (χ3n) is 4.80. The molecule has 0 aliphatic rings. The Morgan fingerprint density at radius 1 is 0.933 bits per heavy atom. The fourth-order valence-corrected chi connectivity index (χ4v) is 3.65. The van der Waals surface area contributed by atoms with E-state index in [9.17, 15) is 14.4 Å². The van der Waals surface area contributed by atoms with Gasteiger partial charge in [0.2, 0.25) is 12.3 Å². The highest BCUT2D eigenvalue weighted by Crippen LogP contribution is 2.14. The summed E-state index contributed by atoms with van der Waals surface area (Å²) in [6.45, 7) is 8.12. The van der Waals surface area contributed by atoms with Crippen molar-refractivity contribution in [3.63, 3.8) is 0 Å². The Morgan fingerprint density at radius 2 is 1.40 bits per heavy atom. The first-order valence-corrected chi connectivity index (χ1v) is 12.6. The third kappa shape index (κ3) is 17.6. The summed E-state index contributed by atoms with van der Waals surface area (Å²) < 4.78 is 6.91. The van der Waals surface area contributed by atoms with E-state index in [1.807, 2.05) is 34.0 Å². The number of unbranched alkanes of at least 4 members (excludes halogenated alkanes) is 9. The highest BCUT2D eigenvalue weighted by atomic mass is 32.2. The van der Waals surface area contributed by atoms with Crippen LogP contribution < -0.4 is 5.32 Å². The van der Waals surface area contributed by atoms with Crippen LogP contribution in [0.2, 0.25) is 0 Å². The number of ether oxygens (including phenoxy) is 1. The van der Waals surface area contributed by atoms with Crippen LogP contribution in [0.15, 0.2) is 0 Å². The Hall–Kier alpha value is -1.24. The molecule has 0 aromatic heterocycles. The van der Waals surface area contributed by atoms with E-state index in [0.717, 1.165) is 32.1 Å². The van der Waals surface area contributed by atoms with Gasteiger partial charge in [0.05, 0.1) is 6.04 Å². The van der Waals surface area contributed by atoms with E-state index in [2.05, 4.69) is 5.32 Å². The van der Waals surface area contributed by atoms with Crippen molar-refractivity contribution in [1.29, 1.82) is 0 Å². The minimum Gasteiger partial charge on any atom is -0.460 e. The maximum atomic E-state index is 11.9. The lowest BCUT2D eigenvalue weighted by molar-refractivity contribution is -0.154. The minimum atomic E-state index is -0.383. The molecule has 0 heterocycles. The minimum absolute atomic E-state index is 0.00115. The van der Waals surface area contributed by atoms with Gasteiger partial charge >= 0.3 is 5.97 Å². The zero-order chi connectivity index (χ0) is 22.8. The average molecular weight is 445 g/mol. The molecule has 0 radical (unpaired) electrons. The second kappa shape index (κ2) is 17.4. The van der Waals surface area contributed by atoms with Gasteiger partial charge in [-0.2, -0.15) is 0 Å². The number of hydrogen-bond donors (Lipinski definition) is 1. The van der Waals surface area contributed by atoms with Crippen LogP contribution in [-0.2, 0) is 19.1 Å². The van der Waals surface area contributed by atoms with Crippen LogP contribution in [0.25, 0.3) is 0 Å². The molecule has 0 saturated heterocycles. The summed E-state index contributed by atoms with van der Waals surface area (Å²) in [7, 11) is 0. The molecule has 0 saturated carbocycles.